The number of fused-ring (bicyclic) bond motifs is 3. The molecule has 1 aliphatic rings. The first kappa shape index (κ1) is 35.0. The minimum absolute atomic E-state index is 0.200. The van der Waals surface area contributed by atoms with Gasteiger partial charge in [-0.15, -0.1) is 0 Å². The van der Waals surface area contributed by atoms with Crippen LogP contribution in [0.5, 0.6) is 23.0 Å². The second-order valence-corrected chi connectivity index (χ2v) is 13.9. The Labute approximate surface area is 329 Å². The van der Waals surface area contributed by atoms with Crippen LogP contribution in [-0.4, -0.2) is 22.2 Å². The van der Waals surface area contributed by atoms with Gasteiger partial charge in [0.2, 0.25) is 0 Å². The molecule has 8 aromatic carbocycles. The van der Waals surface area contributed by atoms with E-state index in [9.17, 15) is 19.8 Å². The Hall–Kier alpha value is -7.70. The first-order valence-corrected chi connectivity index (χ1v) is 18.5. The van der Waals surface area contributed by atoms with Crippen LogP contribution in [0.4, 0.5) is 0 Å². The summed E-state index contributed by atoms with van der Waals surface area (Å²) in [5, 5.41) is 18.7. The highest BCUT2D eigenvalue weighted by atomic mass is 16.5. The molecule has 8 aromatic rings. The fourth-order valence-corrected chi connectivity index (χ4v) is 8.00. The summed E-state index contributed by atoms with van der Waals surface area (Å²) in [5.41, 5.74) is 10.6. The largest absolute Gasteiger partial charge is 0.478 e. The number of aromatic carboxylic acids is 2. The normalized spacial score (nSPS) is 12.3. The number of carboxylic acids is 2. The predicted molar refractivity (Wildman–Crippen MR) is 222 cm³/mol. The van der Waals surface area contributed by atoms with Crippen molar-refractivity contribution in [1.82, 2.24) is 0 Å². The zero-order chi connectivity index (χ0) is 38.9. The van der Waals surface area contributed by atoms with Crippen LogP contribution in [-0.2, 0) is 5.41 Å². The van der Waals surface area contributed by atoms with Gasteiger partial charge in [0.05, 0.1) is 16.5 Å². The standard InChI is InChI=1S/C51H34O6/c52-49(53)35-21-29-39(30-22-35)56-47-15-7-3-9-41(47)33-17-25-37(26-18-33)51(45-13-5-1-11-43(45)44-12-2-6-14-46(44)51)38-27-19-34(20-28-38)42-10-4-8-16-48(42)57-40-31-23-36(24-32-40)50(54)55/h1-32H,(H,52,53)(H,54,55). The molecule has 1 aliphatic carbocycles. The van der Waals surface area contributed by atoms with E-state index < -0.39 is 17.4 Å². The molecule has 0 unspecified atom stereocenters. The topological polar surface area (TPSA) is 93.1 Å². The van der Waals surface area contributed by atoms with Gasteiger partial charge in [0.15, 0.2) is 0 Å². The monoisotopic (exact) mass is 742 g/mol. The molecule has 0 aliphatic heterocycles. The summed E-state index contributed by atoms with van der Waals surface area (Å²) in [6, 6.07) is 63.2. The molecule has 0 spiro atoms. The quantitative estimate of drug-likeness (QED) is 0.145. The van der Waals surface area contributed by atoms with Crippen molar-refractivity contribution in [3.63, 3.8) is 0 Å². The number of benzene rings is 8. The first-order valence-electron chi connectivity index (χ1n) is 18.5. The molecule has 0 fully saturated rings. The molecule has 2 N–H and O–H groups in total. The molecule has 0 aromatic heterocycles. The van der Waals surface area contributed by atoms with Gasteiger partial charge in [-0.2, -0.15) is 0 Å². The van der Waals surface area contributed by atoms with Crippen LogP contribution in [0.3, 0.4) is 0 Å². The third-order valence-corrected chi connectivity index (χ3v) is 10.6. The Kier molecular flexibility index (Phi) is 8.92. The molecule has 6 heteroatoms. The van der Waals surface area contributed by atoms with E-state index in [0.717, 1.165) is 33.4 Å². The highest BCUT2D eigenvalue weighted by Gasteiger charge is 2.45. The summed E-state index contributed by atoms with van der Waals surface area (Å²) in [7, 11) is 0. The Bertz CT molecular complexity index is 2570. The smallest absolute Gasteiger partial charge is 0.335 e. The molecular formula is C51H34O6. The first-order chi connectivity index (χ1) is 27.9. The van der Waals surface area contributed by atoms with Crippen LogP contribution in [0, 0.1) is 0 Å². The zero-order valence-corrected chi connectivity index (χ0v) is 30.5. The van der Waals surface area contributed by atoms with Gasteiger partial charge in [-0.05, 0) is 105 Å². The SMILES string of the molecule is O=C(O)c1ccc(Oc2ccccc2-c2ccc(C3(c4ccc(-c5ccccc5Oc5ccc(C(=O)O)cc5)cc4)c4ccccc4-c4ccccc43)cc2)cc1. The van der Waals surface area contributed by atoms with Crippen molar-refractivity contribution in [3.05, 3.63) is 228 Å². The Morgan fingerprint density at radius 1 is 0.368 bits per heavy atom. The number of ether oxygens (including phenoxy) is 2. The molecule has 0 saturated carbocycles. The van der Waals surface area contributed by atoms with E-state index in [4.69, 9.17) is 9.47 Å². The van der Waals surface area contributed by atoms with Gasteiger partial charge in [-0.1, -0.05) is 133 Å². The molecular weight excluding hydrogens is 709 g/mol. The predicted octanol–water partition coefficient (Wildman–Crippen LogP) is 12.4. The number of carbonyl (C=O) groups is 2. The molecule has 0 amide bonds. The van der Waals surface area contributed by atoms with Crippen molar-refractivity contribution in [3.8, 4) is 56.4 Å². The van der Waals surface area contributed by atoms with E-state index in [1.54, 1.807) is 24.3 Å². The average Bonchev–Trinajstić information content (AvgIpc) is 3.56. The summed E-state index contributed by atoms with van der Waals surface area (Å²) >= 11 is 0. The molecule has 9 rings (SSSR count). The Balaban J connectivity index is 1.11. The van der Waals surface area contributed by atoms with Crippen molar-refractivity contribution in [2.24, 2.45) is 0 Å². The van der Waals surface area contributed by atoms with Crippen molar-refractivity contribution in [1.29, 1.82) is 0 Å². The highest BCUT2D eigenvalue weighted by Crippen LogP contribution is 2.56. The fraction of sp³-hybridized carbons (Fsp3) is 0.0196. The molecule has 274 valence electrons. The molecule has 0 heterocycles. The number of carboxylic acid groups (broad SMARTS) is 2. The lowest BCUT2D eigenvalue weighted by Gasteiger charge is -2.34. The van der Waals surface area contributed by atoms with Crippen LogP contribution in [0.15, 0.2) is 194 Å². The van der Waals surface area contributed by atoms with Crippen LogP contribution in [0.2, 0.25) is 0 Å². The van der Waals surface area contributed by atoms with Gasteiger partial charge < -0.3 is 19.7 Å². The van der Waals surface area contributed by atoms with Crippen LogP contribution >= 0.6 is 0 Å². The van der Waals surface area contributed by atoms with E-state index in [2.05, 4.69) is 97.1 Å². The maximum absolute atomic E-state index is 11.4. The lowest BCUT2D eigenvalue weighted by atomic mass is 9.67. The second-order valence-electron chi connectivity index (χ2n) is 13.9. The maximum Gasteiger partial charge on any atom is 0.335 e. The van der Waals surface area contributed by atoms with Crippen LogP contribution < -0.4 is 9.47 Å². The van der Waals surface area contributed by atoms with Crippen molar-refractivity contribution >= 4 is 11.9 Å². The average molecular weight is 743 g/mol. The van der Waals surface area contributed by atoms with Crippen LogP contribution in [0.25, 0.3) is 33.4 Å². The summed E-state index contributed by atoms with van der Waals surface area (Å²) in [5.74, 6) is 0.460. The Morgan fingerprint density at radius 3 is 1.07 bits per heavy atom. The second kappa shape index (κ2) is 14.5. The van der Waals surface area contributed by atoms with Crippen LogP contribution in [0.1, 0.15) is 43.0 Å². The highest BCUT2D eigenvalue weighted by molar-refractivity contribution is 5.89. The van der Waals surface area contributed by atoms with E-state index in [1.165, 1.54) is 46.5 Å². The summed E-state index contributed by atoms with van der Waals surface area (Å²) < 4.78 is 12.6. The summed E-state index contributed by atoms with van der Waals surface area (Å²) in [4.78, 5) is 22.8. The van der Waals surface area contributed by atoms with Gasteiger partial charge in [-0.25, -0.2) is 9.59 Å². The van der Waals surface area contributed by atoms with E-state index >= 15 is 0 Å². The third-order valence-electron chi connectivity index (χ3n) is 10.6. The van der Waals surface area contributed by atoms with Gasteiger partial charge in [0.25, 0.3) is 0 Å². The third kappa shape index (κ3) is 6.29. The Morgan fingerprint density at radius 2 is 0.702 bits per heavy atom. The van der Waals surface area contributed by atoms with Crippen molar-refractivity contribution in [2.75, 3.05) is 0 Å². The van der Waals surface area contributed by atoms with Gasteiger partial charge in [-0.3, -0.25) is 0 Å². The molecule has 6 nitrogen and oxygen atoms in total. The minimum atomic E-state index is -0.984. The van der Waals surface area contributed by atoms with Crippen molar-refractivity contribution in [2.45, 2.75) is 5.41 Å². The molecule has 0 atom stereocenters. The van der Waals surface area contributed by atoms with Gasteiger partial charge in [0, 0.05) is 11.1 Å². The van der Waals surface area contributed by atoms with Crippen molar-refractivity contribution < 1.29 is 29.3 Å². The van der Waals surface area contributed by atoms with Gasteiger partial charge >= 0.3 is 11.9 Å². The minimum Gasteiger partial charge on any atom is -0.478 e. The molecule has 57 heavy (non-hydrogen) atoms. The fourth-order valence-electron chi connectivity index (χ4n) is 8.00. The molecule has 0 radical (unpaired) electrons. The molecule has 0 saturated heterocycles. The van der Waals surface area contributed by atoms with E-state index in [1.807, 2.05) is 48.5 Å². The molecule has 0 bridgehead atoms. The number of hydrogen-bond acceptors (Lipinski definition) is 4. The maximum atomic E-state index is 11.4. The van der Waals surface area contributed by atoms with E-state index in [-0.39, 0.29) is 11.1 Å². The zero-order valence-electron chi connectivity index (χ0n) is 30.5. The lowest BCUT2D eigenvalue weighted by Crippen LogP contribution is -2.28. The number of para-hydroxylation sites is 2. The van der Waals surface area contributed by atoms with Gasteiger partial charge in [0.1, 0.15) is 23.0 Å². The summed E-state index contributed by atoms with van der Waals surface area (Å²) in [6.07, 6.45) is 0. The van der Waals surface area contributed by atoms with E-state index in [0.29, 0.717) is 23.0 Å². The number of hydrogen-bond donors (Lipinski definition) is 2. The number of rotatable bonds is 10. The summed E-state index contributed by atoms with van der Waals surface area (Å²) in [6.45, 7) is 0. The lowest BCUT2D eigenvalue weighted by molar-refractivity contribution is 0.0686.